The first-order valence-electron chi connectivity index (χ1n) is 6.04. The smallest absolute Gasteiger partial charge is 0.118 e. The summed E-state index contributed by atoms with van der Waals surface area (Å²) >= 11 is 0. The molecule has 1 aromatic heterocycles. The molecule has 0 bridgehead atoms. The highest BCUT2D eigenvalue weighted by Crippen LogP contribution is 2.24. The third kappa shape index (κ3) is 2.22. The van der Waals surface area contributed by atoms with Gasteiger partial charge in [0.25, 0.3) is 0 Å². The number of ether oxygens (including phenoxy) is 1. The molecule has 1 heterocycles. The van der Waals surface area contributed by atoms with Crippen LogP contribution in [0.15, 0.2) is 60.7 Å². The molecule has 93 valence electrons. The van der Waals surface area contributed by atoms with Crippen LogP contribution < -0.4 is 4.74 Å². The van der Waals surface area contributed by atoms with Crippen LogP contribution in [0.5, 0.6) is 5.75 Å². The monoisotopic (exact) mass is 249 g/mol. The van der Waals surface area contributed by atoms with E-state index in [0.29, 0.717) is 0 Å². The Balaban J connectivity index is 2.04. The van der Waals surface area contributed by atoms with E-state index in [-0.39, 0.29) is 0 Å². The molecule has 3 aromatic rings. The van der Waals surface area contributed by atoms with Gasteiger partial charge in [0.1, 0.15) is 11.9 Å². The molecule has 0 saturated heterocycles. The number of rotatable bonds is 3. The standard InChI is InChI=1S/C16H13N2O/c1-19-15-9-7-13(8-10-15)16-11-12-17-18(16)14-5-3-2-4-6-14/h2-11H,1H3. The largest absolute Gasteiger partial charge is 0.497 e. The second kappa shape index (κ2) is 4.98. The Hall–Kier alpha value is -2.55. The first-order chi connectivity index (χ1) is 9.38. The second-order valence-electron chi connectivity index (χ2n) is 4.13. The Kier molecular flexibility index (Phi) is 3.02. The summed E-state index contributed by atoms with van der Waals surface area (Å²) in [6.07, 6.45) is 2.91. The van der Waals surface area contributed by atoms with Crippen molar-refractivity contribution in [3.8, 4) is 22.7 Å². The molecule has 0 amide bonds. The van der Waals surface area contributed by atoms with Crippen LogP contribution in [0.2, 0.25) is 0 Å². The van der Waals surface area contributed by atoms with Crippen LogP contribution in [0.25, 0.3) is 16.9 Å². The zero-order valence-corrected chi connectivity index (χ0v) is 10.6. The van der Waals surface area contributed by atoms with Crippen molar-refractivity contribution in [2.24, 2.45) is 0 Å². The van der Waals surface area contributed by atoms with Crippen molar-refractivity contribution < 1.29 is 4.74 Å². The van der Waals surface area contributed by atoms with Gasteiger partial charge < -0.3 is 4.74 Å². The molecule has 0 N–H and O–H groups in total. The molecule has 1 radical (unpaired) electrons. The van der Waals surface area contributed by atoms with Crippen LogP contribution in [-0.2, 0) is 0 Å². The van der Waals surface area contributed by atoms with E-state index >= 15 is 0 Å². The van der Waals surface area contributed by atoms with Gasteiger partial charge in [0.2, 0.25) is 0 Å². The molecule has 0 spiro atoms. The van der Waals surface area contributed by atoms with E-state index in [9.17, 15) is 0 Å². The van der Waals surface area contributed by atoms with E-state index < -0.39 is 0 Å². The molecule has 0 aliphatic carbocycles. The van der Waals surface area contributed by atoms with Crippen LogP contribution in [0.3, 0.4) is 0 Å². The van der Waals surface area contributed by atoms with E-state index in [4.69, 9.17) is 4.74 Å². The predicted octanol–water partition coefficient (Wildman–Crippen LogP) is 3.35. The third-order valence-corrected chi connectivity index (χ3v) is 2.97. The Morgan fingerprint density at radius 1 is 1.00 bits per heavy atom. The Morgan fingerprint density at radius 3 is 2.42 bits per heavy atom. The fourth-order valence-corrected chi connectivity index (χ4v) is 2.00. The number of para-hydroxylation sites is 1. The molecular formula is C16H13N2O. The molecule has 0 saturated carbocycles. The predicted molar refractivity (Wildman–Crippen MR) is 74.4 cm³/mol. The minimum atomic E-state index is 0.846. The maximum atomic E-state index is 5.17. The molecule has 3 rings (SSSR count). The van der Waals surface area contributed by atoms with Crippen molar-refractivity contribution in [3.63, 3.8) is 0 Å². The van der Waals surface area contributed by atoms with E-state index in [1.807, 2.05) is 65.3 Å². The summed E-state index contributed by atoms with van der Waals surface area (Å²) in [6.45, 7) is 0. The highest BCUT2D eigenvalue weighted by Gasteiger charge is 2.07. The van der Waals surface area contributed by atoms with Gasteiger partial charge in [-0.05, 0) is 42.5 Å². The Labute approximate surface area is 112 Å². The van der Waals surface area contributed by atoms with Crippen molar-refractivity contribution in [2.75, 3.05) is 7.11 Å². The molecule has 0 unspecified atom stereocenters. The maximum absolute atomic E-state index is 5.17. The SMILES string of the molecule is COc1ccc(-c2c[c]nn2-c2ccccc2)cc1. The topological polar surface area (TPSA) is 27.1 Å². The maximum Gasteiger partial charge on any atom is 0.118 e. The minimum absolute atomic E-state index is 0.846. The van der Waals surface area contributed by atoms with Gasteiger partial charge in [-0.2, -0.15) is 5.10 Å². The van der Waals surface area contributed by atoms with Gasteiger partial charge in [0, 0.05) is 5.56 Å². The molecule has 3 heteroatoms. The number of aromatic nitrogens is 2. The molecule has 2 aromatic carbocycles. The van der Waals surface area contributed by atoms with Gasteiger partial charge >= 0.3 is 0 Å². The van der Waals surface area contributed by atoms with E-state index in [2.05, 4.69) is 11.3 Å². The fraction of sp³-hybridized carbons (Fsp3) is 0.0625. The first kappa shape index (κ1) is 11.5. The zero-order valence-electron chi connectivity index (χ0n) is 10.6. The molecular weight excluding hydrogens is 236 g/mol. The van der Waals surface area contributed by atoms with Gasteiger partial charge in [-0.1, -0.05) is 18.2 Å². The van der Waals surface area contributed by atoms with Gasteiger partial charge in [-0.15, -0.1) is 0 Å². The van der Waals surface area contributed by atoms with Crippen molar-refractivity contribution >= 4 is 0 Å². The molecule has 0 aliphatic rings. The molecule has 3 nitrogen and oxygen atoms in total. The summed E-state index contributed by atoms with van der Waals surface area (Å²) in [6, 6.07) is 19.8. The number of benzene rings is 2. The second-order valence-corrected chi connectivity index (χ2v) is 4.13. The number of methoxy groups -OCH3 is 1. The first-order valence-corrected chi connectivity index (χ1v) is 6.04. The summed E-state index contributed by atoms with van der Waals surface area (Å²) in [5.74, 6) is 0.846. The lowest BCUT2D eigenvalue weighted by Crippen LogP contribution is -1.98. The quantitative estimate of drug-likeness (QED) is 0.711. The molecule has 0 fully saturated rings. The molecule has 0 atom stereocenters. The summed E-state index contributed by atoms with van der Waals surface area (Å²) < 4.78 is 7.05. The van der Waals surface area contributed by atoms with Crippen molar-refractivity contribution in [3.05, 3.63) is 66.9 Å². The van der Waals surface area contributed by atoms with Crippen LogP contribution in [-0.4, -0.2) is 16.9 Å². The van der Waals surface area contributed by atoms with Crippen LogP contribution in [0.4, 0.5) is 0 Å². The van der Waals surface area contributed by atoms with E-state index in [1.165, 1.54) is 0 Å². The van der Waals surface area contributed by atoms with Crippen LogP contribution in [0.1, 0.15) is 0 Å². The molecule has 0 aliphatic heterocycles. The van der Waals surface area contributed by atoms with Gasteiger partial charge in [0.05, 0.1) is 18.5 Å². The van der Waals surface area contributed by atoms with E-state index in [0.717, 1.165) is 22.7 Å². The van der Waals surface area contributed by atoms with E-state index in [1.54, 1.807) is 7.11 Å². The van der Waals surface area contributed by atoms with Crippen LogP contribution >= 0.6 is 0 Å². The normalized spacial score (nSPS) is 10.4. The van der Waals surface area contributed by atoms with Gasteiger partial charge in [0.15, 0.2) is 0 Å². The average molecular weight is 249 g/mol. The lowest BCUT2D eigenvalue weighted by atomic mass is 10.1. The van der Waals surface area contributed by atoms with Crippen LogP contribution in [0, 0.1) is 6.20 Å². The summed E-state index contributed by atoms with van der Waals surface area (Å²) in [5.41, 5.74) is 3.11. The minimum Gasteiger partial charge on any atom is -0.497 e. The lowest BCUT2D eigenvalue weighted by Gasteiger charge is -2.08. The summed E-state index contributed by atoms with van der Waals surface area (Å²) in [4.78, 5) is 0. The van der Waals surface area contributed by atoms with Crippen molar-refractivity contribution in [1.82, 2.24) is 9.78 Å². The highest BCUT2D eigenvalue weighted by molar-refractivity contribution is 5.62. The van der Waals surface area contributed by atoms with Crippen molar-refractivity contribution in [2.45, 2.75) is 0 Å². The number of hydrogen-bond donors (Lipinski definition) is 0. The highest BCUT2D eigenvalue weighted by atomic mass is 16.5. The van der Waals surface area contributed by atoms with Gasteiger partial charge in [-0.3, -0.25) is 0 Å². The summed E-state index contributed by atoms with van der Waals surface area (Å²) in [7, 11) is 1.66. The lowest BCUT2D eigenvalue weighted by molar-refractivity contribution is 0.415. The molecule has 19 heavy (non-hydrogen) atoms. The summed E-state index contributed by atoms with van der Waals surface area (Å²) in [5, 5.41) is 4.27. The zero-order chi connectivity index (χ0) is 13.1. The Bertz CT molecular complexity index is 657. The fourth-order valence-electron chi connectivity index (χ4n) is 2.00. The number of hydrogen-bond acceptors (Lipinski definition) is 2. The third-order valence-electron chi connectivity index (χ3n) is 2.97. The van der Waals surface area contributed by atoms with Gasteiger partial charge in [-0.25, -0.2) is 4.68 Å². The Morgan fingerprint density at radius 2 is 1.74 bits per heavy atom. The van der Waals surface area contributed by atoms with Crippen molar-refractivity contribution in [1.29, 1.82) is 0 Å². The average Bonchev–Trinajstić information content (AvgIpc) is 2.98. The number of nitrogens with zero attached hydrogens (tertiary/aromatic N) is 2.